The van der Waals surface area contributed by atoms with Crippen LogP contribution in [0, 0.1) is 6.92 Å². The first-order valence-corrected chi connectivity index (χ1v) is 10.7. The van der Waals surface area contributed by atoms with Crippen molar-refractivity contribution >= 4 is 11.4 Å². The molecule has 0 aliphatic rings. The van der Waals surface area contributed by atoms with Crippen molar-refractivity contribution in [2.45, 2.75) is 13.1 Å². The van der Waals surface area contributed by atoms with Gasteiger partial charge in [0, 0.05) is 11.1 Å². The van der Waals surface area contributed by atoms with Gasteiger partial charge in [0.1, 0.15) is 5.75 Å². The Bertz CT molecular complexity index is 1310. The van der Waals surface area contributed by atoms with Gasteiger partial charge < -0.3 is 4.74 Å². The Morgan fingerprint density at radius 3 is 2.15 bits per heavy atom. The van der Waals surface area contributed by atoms with E-state index in [1.54, 1.807) is 13.2 Å². The summed E-state index contributed by atoms with van der Waals surface area (Å²) >= 11 is 0. The van der Waals surface area contributed by atoms with E-state index >= 15 is 0 Å². The number of nitrogens with one attached hydrogen (secondary N) is 1. The van der Waals surface area contributed by atoms with Gasteiger partial charge in [-0.25, -0.2) is 0 Å². The molecule has 0 radical (unpaired) electrons. The van der Waals surface area contributed by atoms with Crippen molar-refractivity contribution in [2.75, 3.05) is 12.5 Å². The van der Waals surface area contributed by atoms with E-state index in [9.17, 15) is 13.2 Å². The summed E-state index contributed by atoms with van der Waals surface area (Å²) in [5.74, 6) is 0.566. The van der Waals surface area contributed by atoms with Crippen molar-refractivity contribution in [2.24, 2.45) is 5.10 Å². The standard InChI is InChI=1S/C28H23F3N2O/c1-19-8-6-11-22(16-19)27(23-12-7-13-24(17-23)28(29,30)31)33-32-25-18-21(14-15-26(25)34-2)20-9-4-3-5-10-20/h3-18,32H,1-2H3/b33-27+. The Balaban J connectivity index is 1.79. The minimum Gasteiger partial charge on any atom is -0.495 e. The number of halogens is 3. The quantitative estimate of drug-likeness (QED) is 0.238. The van der Waals surface area contributed by atoms with Crippen LogP contribution >= 0.6 is 0 Å². The first-order valence-electron chi connectivity index (χ1n) is 10.7. The largest absolute Gasteiger partial charge is 0.495 e. The molecule has 0 fully saturated rings. The molecule has 4 aromatic carbocycles. The SMILES string of the molecule is COc1ccc(-c2ccccc2)cc1N/N=C(\c1cccc(C)c1)c1cccc(C(F)(F)F)c1. The van der Waals surface area contributed by atoms with Gasteiger partial charge in [-0.05, 0) is 48.4 Å². The molecule has 0 atom stereocenters. The van der Waals surface area contributed by atoms with E-state index in [1.165, 1.54) is 6.07 Å². The minimum absolute atomic E-state index is 0.353. The maximum absolute atomic E-state index is 13.4. The Morgan fingerprint density at radius 1 is 0.765 bits per heavy atom. The van der Waals surface area contributed by atoms with Crippen LogP contribution in [0.5, 0.6) is 5.75 Å². The van der Waals surface area contributed by atoms with E-state index in [0.717, 1.165) is 28.8 Å². The highest BCUT2D eigenvalue weighted by atomic mass is 19.4. The van der Waals surface area contributed by atoms with E-state index in [1.807, 2.05) is 79.7 Å². The summed E-state index contributed by atoms with van der Waals surface area (Å²) in [6.45, 7) is 1.92. The fourth-order valence-electron chi connectivity index (χ4n) is 3.65. The molecule has 0 saturated heterocycles. The number of aryl methyl sites for hydroxylation is 1. The lowest BCUT2D eigenvalue weighted by Gasteiger charge is -2.14. The van der Waals surface area contributed by atoms with Crippen molar-refractivity contribution in [1.29, 1.82) is 0 Å². The molecule has 4 rings (SSSR count). The zero-order valence-electron chi connectivity index (χ0n) is 18.7. The number of benzene rings is 4. The van der Waals surface area contributed by atoms with Crippen molar-refractivity contribution < 1.29 is 17.9 Å². The summed E-state index contributed by atoms with van der Waals surface area (Å²) in [6, 6.07) is 28.2. The number of ether oxygens (including phenoxy) is 1. The summed E-state index contributed by atoms with van der Waals surface area (Å²) in [5, 5.41) is 4.56. The van der Waals surface area contributed by atoms with E-state index in [4.69, 9.17) is 4.74 Å². The molecule has 0 aliphatic heterocycles. The van der Waals surface area contributed by atoms with E-state index in [-0.39, 0.29) is 0 Å². The molecular weight excluding hydrogens is 437 g/mol. The summed E-state index contributed by atoms with van der Waals surface area (Å²) in [5.41, 5.74) is 7.29. The number of hydrazone groups is 1. The summed E-state index contributed by atoms with van der Waals surface area (Å²) < 4.78 is 45.6. The van der Waals surface area contributed by atoms with E-state index < -0.39 is 11.7 Å². The third kappa shape index (κ3) is 5.29. The summed E-state index contributed by atoms with van der Waals surface area (Å²) in [4.78, 5) is 0. The van der Waals surface area contributed by atoms with Gasteiger partial charge in [0.2, 0.25) is 0 Å². The molecule has 0 unspecified atom stereocenters. The van der Waals surface area contributed by atoms with Gasteiger partial charge in [0.25, 0.3) is 0 Å². The molecule has 6 heteroatoms. The fourth-order valence-corrected chi connectivity index (χ4v) is 3.65. The Morgan fingerprint density at radius 2 is 1.47 bits per heavy atom. The van der Waals surface area contributed by atoms with Crippen LogP contribution in [0.2, 0.25) is 0 Å². The van der Waals surface area contributed by atoms with Crippen LogP contribution in [-0.4, -0.2) is 12.8 Å². The second-order valence-corrected chi connectivity index (χ2v) is 7.80. The molecule has 1 N–H and O–H groups in total. The van der Waals surface area contributed by atoms with Gasteiger partial charge in [-0.3, -0.25) is 5.43 Å². The number of alkyl halides is 3. The van der Waals surface area contributed by atoms with Gasteiger partial charge in [-0.15, -0.1) is 0 Å². The Hall–Kier alpha value is -4.06. The molecule has 34 heavy (non-hydrogen) atoms. The van der Waals surface area contributed by atoms with Crippen molar-refractivity contribution in [3.05, 3.63) is 119 Å². The van der Waals surface area contributed by atoms with Gasteiger partial charge in [0.05, 0.1) is 24.1 Å². The molecular formula is C28H23F3N2O. The van der Waals surface area contributed by atoms with Crippen LogP contribution in [0.25, 0.3) is 11.1 Å². The highest BCUT2D eigenvalue weighted by Crippen LogP contribution is 2.32. The lowest BCUT2D eigenvalue weighted by Crippen LogP contribution is -2.11. The van der Waals surface area contributed by atoms with Gasteiger partial charge >= 0.3 is 6.18 Å². The van der Waals surface area contributed by atoms with Crippen molar-refractivity contribution in [3.8, 4) is 16.9 Å². The number of hydrogen-bond acceptors (Lipinski definition) is 3. The first-order chi connectivity index (χ1) is 16.3. The number of methoxy groups -OCH3 is 1. The predicted molar refractivity (Wildman–Crippen MR) is 130 cm³/mol. The maximum atomic E-state index is 13.4. The van der Waals surface area contributed by atoms with Crippen LogP contribution in [0.1, 0.15) is 22.3 Å². The highest BCUT2D eigenvalue weighted by molar-refractivity contribution is 6.13. The number of hydrogen-bond donors (Lipinski definition) is 1. The average Bonchev–Trinajstić information content (AvgIpc) is 2.84. The number of nitrogens with zero attached hydrogens (tertiary/aromatic N) is 1. The first kappa shape index (κ1) is 23.1. The van der Waals surface area contributed by atoms with Crippen LogP contribution < -0.4 is 10.2 Å². The van der Waals surface area contributed by atoms with E-state index in [0.29, 0.717) is 28.3 Å². The van der Waals surface area contributed by atoms with Gasteiger partial charge in [-0.1, -0.05) is 72.3 Å². The van der Waals surface area contributed by atoms with Gasteiger partial charge in [0.15, 0.2) is 0 Å². The predicted octanol–water partition coefficient (Wildman–Crippen LogP) is 7.55. The van der Waals surface area contributed by atoms with Crippen LogP contribution in [0.3, 0.4) is 0 Å². The number of anilines is 1. The lowest BCUT2D eigenvalue weighted by atomic mass is 9.99. The third-order valence-electron chi connectivity index (χ3n) is 5.35. The van der Waals surface area contributed by atoms with Gasteiger partial charge in [-0.2, -0.15) is 18.3 Å². The zero-order valence-corrected chi connectivity index (χ0v) is 18.7. The second-order valence-electron chi connectivity index (χ2n) is 7.80. The lowest BCUT2D eigenvalue weighted by molar-refractivity contribution is -0.137. The minimum atomic E-state index is -4.45. The topological polar surface area (TPSA) is 33.6 Å². The van der Waals surface area contributed by atoms with Crippen LogP contribution in [-0.2, 0) is 6.18 Å². The third-order valence-corrected chi connectivity index (χ3v) is 5.35. The zero-order chi connectivity index (χ0) is 24.1. The Kier molecular flexibility index (Phi) is 6.68. The highest BCUT2D eigenvalue weighted by Gasteiger charge is 2.30. The molecule has 0 heterocycles. The summed E-state index contributed by atoms with van der Waals surface area (Å²) in [6.07, 6.45) is -4.45. The number of rotatable bonds is 6. The van der Waals surface area contributed by atoms with Crippen molar-refractivity contribution in [3.63, 3.8) is 0 Å². The molecule has 0 aliphatic carbocycles. The van der Waals surface area contributed by atoms with Crippen LogP contribution in [0.4, 0.5) is 18.9 Å². The fraction of sp³-hybridized carbons (Fsp3) is 0.107. The smallest absolute Gasteiger partial charge is 0.416 e. The molecule has 172 valence electrons. The maximum Gasteiger partial charge on any atom is 0.416 e. The molecule has 0 spiro atoms. The summed E-state index contributed by atoms with van der Waals surface area (Å²) in [7, 11) is 1.56. The average molecular weight is 460 g/mol. The molecule has 3 nitrogen and oxygen atoms in total. The normalized spacial score (nSPS) is 11.9. The molecule has 0 bridgehead atoms. The van der Waals surface area contributed by atoms with E-state index in [2.05, 4.69) is 10.5 Å². The van der Waals surface area contributed by atoms with Crippen molar-refractivity contribution in [1.82, 2.24) is 0 Å². The molecule has 4 aromatic rings. The second kappa shape index (κ2) is 9.83. The molecule has 0 saturated carbocycles. The molecule has 0 amide bonds. The Labute approximate surface area is 196 Å². The van der Waals surface area contributed by atoms with Crippen LogP contribution in [0.15, 0.2) is 102 Å². The molecule has 0 aromatic heterocycles. The monoisotopic (exact) mass is 460 g/mol.